The Labute approximate surface area is 166 Å². The summed E-state index contributed by atoms with van der Waals surface area (Å²) in [6.45, 7) is 3.57. The average molecular weight is 374 g/mol. The fraction of sp³-hybridized carbons (Fsp3) is 0.304. The van der Waals surface area contributed by atoms with Gasteiger partial charge in [0.15, 0.2) is 0 Å². The van der Waals surface area contributed by atoms with Crippen molar-refractivity contribution in [2.75, 3.05) is 19.6 Å². The molecule has 1 amide bonds. The molecule has 0 bridgehead atoms. The van der Waals surface area contributed by atoms with Crippen LogP contribution in [0.2, 0.25) is 0 Å². The fourth-order valence-corrected chi connectivity index (χ4v) is 3.66. The Morgan fingerprint density at radius 2 is 1.68 bits per heavy atom. The minimum atomic E-state index is 0.0911. The van der Waals surface area contributed by atoms with E-state index in [0.717, 1.165) is 38.2 Å². The summed E-state index contributed by atoms with van der Waals surface area (Å²) in [7, 11) is 0. The fourth-order valence-electron chi connectivity index (χ4n) is 3.66. The molecule has 0 saturated heterocycles. The molecular weight excluding hydrogens is 348 g/mol. The van der Waals surface area contributed by atoms with Crippen molar-refractivity contribution in [3.63, 3.8) is 0 Å². The van der Waals surface area contributed by atoms with Crippen molar-refractivity contribution in [2.24, 2.45) is 0 Å². The highest BCUT2D eigenvalue weighted by molar-refractivity contribution is 5.78. The van der Waals surface area contributed by atoms with E-state index in [9.17, 15) is 4.79 Å². The van der Waals surface area contributed by atoms with Crippen molar-refractivity contribution in [1.82, 2.24) is 20.0 Å². The first-order valence-electron chi connectivity index (χ1n) is 9.89. The van der Waals surface area contributed by atoms with Gasteiger partial charge in [-0.1, -0.05) is 60.7 Å². The largest absolute Gasteiger partial charge is 0.355 e. The molecule has 0 radical (unpaired) electrons. The molecule has 1 aliphatic heterocycles. The van der Waals surface area contributed by atoms with Gasteiger partial charge in [-0.2, -0.15) is 5.10 Å². The van der Waals surface area contributed by atoms with E-state index >= 15 is 0 Å². The molecule has 1 aliphatic rings. The second-order valence-corrected chi connectivity index (χ2v) is 7.31. The molecule has 0 aliphatic carbocycles. The van der Waals surface area contributed by atoms with Gasteiger partial charge < -0.3 is 5.32 Å². The number of rotatable bonds is 7. The van der Waals surface area contributed by atoms with E-state index < -0.39 is 0 Å². The Bertz CT molecular complexity index is 905. The number of hydrogen-bond donors (Lipinski definition) is 1. The van der Waals surface area contributed by atoms with Crippen LogP contribution in [0.4, 0.5) is 0 Å². The van der Waals surface area contributed by atoms with Gasteiger partial charge in [0.25, 0.3) is 0 Å². The molecule has 0 atom stereocenters. The minimum Gasteiger partial charge on any atom is -0.355 e. The molecule has 2 aromatic carbocycles. The third kappa shape index (κ3) is 4.87. The third-order valence-corrected chi connectivity index (χ3v) is 5.10. The number of aromatic nitrogens is 2. The Balaban J connectivity index is 1.26. The van der Waals surface area contributed by atoms with Crippen LogP contribution in [-0.2, 0) is 30.7 Å². The lowest BCUT2D eigenvalue weighted by Crippen LogP contribution is -2.41. The topological polar surface area (TPSA) is 50.2 Å². The number of nitrogens with one attached hydrogen (secondary N) is 1. The summed E-state index contributed by atoms with van der Waals surface area (Å²) >= 11 is 0. The van der Waals surface area contributed by atoms with E-state index in [1.807, 2.05) is 24.3 Å². The lowest BCUT2D eigenvalue weighted by molar-refractivity contribution is -0.122. The van der Waals surface area contributed by atoms with Crippen molar-refractivity contribution in [2.45, 2.75) is 25.9 Å². The van der Waals surface area contributed by atoms with Crippen LogP contribution in [0.3, 0.4) is 0 Å². The van der Waals surface area contributed by atoms with Crippen LogP contribution in [-0.4, -0.2) is 40.2 Å². The van der Waals surface area contributed by atoms with Crippen molar-refractivity contribution >= 4 is 5.91 Å². The van der Waals surface area contributed by atoms with Crippen LogP contribution in [0.25, 0.3) is 0 Å². The minimum absolute atomic E-state index is 0.0911. The molecule has 1 N–H and O–H groups in total. The number of carbonyl (C=O) groups is 1. The normalized spacial score (nSPS) is 13.9. The highest BCUT2D eigenvalue weighted by Gasteiger charge is 2.20. The first kappa shape index (κ1) is 18.4. The molecule has 0 fully saturated rings. The second-order valence-electron chi connectivity index (χ2n) is 7.31. The predicted molar refractivity (Wildman–Crippen MR) is 110 cm³/mol. The van der Waals surface area contributed by atoms with E-state index in [4.69, 9.17) is 5.10 Å². The quantitative estimate of drug-likeness (QED) is 0.692. The van der Waals surface area contributed by atoms with Crippen LogP contribution < -0.4 is 5.32 Å². The maximum absolute atomic E-state index is 12.3. The maximum atomic E-state index is 12.3. The van der Waals surface area contributed by atoms with Gasteiger partial charge in [0, 0.05) is 26.1 Å². The van der Waals surface area contributed by atoms with Gasteiger partial charge in [-0.05, 0) is 23.6 Å². The van der Waals surface area contributed by atoms with Crippen molar-refractivity contribution in [3.05, 3.63) is 89.2 Å². The molecule has 5 heteroatoms. The first-order chi connectivity index (χ1) is 13.8. The van der Waals surface area contributed by atoms with Crippen LogP contribution in [0.15, 0.2) is 66.7 Å². The van der Waals surface area contributed by atoms with E-state index in [2.05, 4.69) is 57.4 Å². The molecule has 2 heterocycles. The lowest BCUT2D eigenvalue weighted by atomic mass is 10.1. The molecule has 0 saturated carbocycles. The maximum Gasteiger partial charge on any atom is 0.234 e. The molecule has 0 spiro atoms. The van der Waals surface area contributed by atoms with Crippen LogP contribution >= 0.6 is 0 Å². The molecular formula is C23H26N4O. The van der Waals surface area contributed by atoms with E-state index in [1.54, 1.807) is 0 Å². The molecule has 4 rings (SSSR count). The van der Waals surface area contributed by atoms with Gasteiger partial charge in [-0.25, -0.2) is 0 Å². The zero-order valence-corrected chi connectivity index (χ0v) is 16.1. The molecule has 3 aromatic rings. The summed E-state index contributed by atoms with van der Waals surface area (Å²) in [6.07, 6.45) is 1.71. The van der Waals surface area contributed by atoms with Crippen molar-refractivity contribution in [1.29, 1.82) is 0 Å². The number of benzene rings is 2. The van der Waals surface area contributed by atoms with Crippen LogP contribution in [0.1, 0.15) is 22.5 Å². The van der Waals surface area contributed by atoms with Gasteiger partial charge in [0.2, 0.25) is 5.91 Å². The number of amides is 1. The van der Waals surface area contributed by atoms with Gasteiger partial charge >= 0.3 is 0 Å². The summed E-state index contributed by atoms with van der Waals surface area (Å²) in [5.41, 5.74) is 4.80. The molecule has 5 nitrogen and oxygen atoms in total. The van der Waals surface area contributed by atoms with E-state index in [1.165, 1.54) is 16.8 Å². The zero-order chi connectivity index (χ0) is 19.2. The third-order valence-electron chi connectivity index (χ3n) is 5.10. The summed E-state index contributed by atoms with van der Waals surface area (Å²) in [4.78, 5) is 14.5. The summed E-state index contributed by atoms with van der Waals surface area (Å²) in [6, 6.07) is 22.8. The van der Waals surface area contributed by atoms with Crippen molar-refractivity contribution in [3.8, 4) is 0 Å². The van der Waals surface area contributed by atoms with Crippen LogP contribution in [0, 0.1) is 0 Å². The Kier molecular flexibility index (Phi) is 5.83. The number of nitrogens with zero attached hydrogens (tertiary/aromatic N) is 3. The zero-order valence-electron chi connectivity index (χ0n) is 16.1. The number of fused-ring (bicyclic) bond motifs is 1. The number of hydrogen-bond acceptors (Lipinski definition) is 3. The summed E-state index contributed by atoms with van der Waals surface area (Å²) in [5.74, 6) is 0.0911. The van der Waals surface area contributed by atoms with Crippen LogP contribution in [0.5, 0.6) is 0 Å². The Hall–Kier alpha value is -2.92. The molecule has 1 aromatic heterocycles. The Morgan fingerprint density at radius 1 is 0.964 bits per heavy atom. The second kappa shape index (κ2) is 8.85. The standard InChI is InChI=1S/C23H26N4O/c28-23(24-12-11-19-7-3-1-4-8-19)18-26-13-14-27-22(17-26)16-21(25-27)15-20-9-5-2-6-10-20/h1-10,16H,11-15,17-18H2,(H,24,28). The van der Waals surface area contributed by atoms with Crippen molar-refractivity contribution < 1.29 is 4.79 Å². The highest BCUT2D eigenvalue weighted by Crippen LogP contribution is 2.16. The highest BCUT2D eigenvalue weighted by atomic mass is 16.2. The Morgan fingerprint density at radius 3 is 2.43 bits per heavy atom. The summed E-state index contributed by atoms with van der Waals surface area (Å²) < 4.78 is 2.09. The predicted octanol–water partition coefficient (Wildman–Crippen LogP) is 2.65. The number of carbonyl (C=O) groups excluding carboxylic acids is 1. The molecule has 28 heavy (non-hydrogen) atoms. The SMILES string of the molecule is O=C(CN1CCn2nc(Cc3ccccc3)cc2C1)NCCc1ccccc1. The first-order valence-corrected chi connectivity index (χ1v) is 9.89. The average Bonchev–Trinajstić information content (AvgIpc) is 3.11. The van der Waals surface area contributed by atoms with Gasteiger partial charge in [0.1, 0.15) is 0 Å². The smallest absolute Gasteiger partial charge is 0.234 e. The lowest BCUT2D eigenvalue weighted by Gasteiger charge is -2.26. The molecule has 0 unspecified atom stereocenters. The van der Waals surface area contributed by atoms with Gasteiger partial charge in [-0.15, -0.1) is 0 Å². The summed E-state index contributed by atoms with van der Waals surface area (Å²) in [5, 5.41) is 7.77. The van der Waals surface area contributed by atoms with E-state index in [-0.39, 0.29) is 5.91 Å². The van der Waals surface area contributed by atoms with Gasteiger partial charge in [-0.3, -0.25) is 14.4 Å². The molecule has 144 valence electrons. The van der Waals surface area contributed by atoms with Gasteiger partial charge in [0.05, 0.1) is 24.5 Å². The monoisotopic (exact) mass is 374 g/mol. The van der Waals surface area contributed by atoms with E-state index in [0.29, 0.717) is 13.1 Å².